The van der Waals surface area contributed by atoms with Gasteiger partial charge in [-0.05, 0) is 18.2 Å². The van der Waals surface area contributed by atoms with E-state index in [0.717, 1.165) is 0 Å². The number of imidazole rings is 1. The SMILES string of the molecule is Fc1nc2c[c]ccc2[nH]1. The number of aromatic nitrogens is 2. The van der Waals surface area contributed by atoms with Crippen LogP contribution >= 0.6 is 0 Å². The second-order valence-corrected chi connectivity index (χ2v) is 1.97. The molecule has 1 radical (unpaired) electrons. The topological polar surface area (TPSA) is 28.7 Å². The minimum Gasteiger partial charge on any atom is -0.314 e. The summed E-state index contributed by atoms with van der Waals surface area (Å²) >= 11 is 0. The monoisotopic (exact) mass is 135 g/mol. The first kappa shape index (κ1) is 5.41. The van der Waals surface area contributed by atoms with E-state index in [2.05, 4.69) is 16.0 Å². The summed E-state index contributed by atoms with van der Waals surface area (Å²) in [5.74, 6) is 0. The normalized spacial score (nSPS) is 10.5. The first-order valence-electron chi connectivity index (χ1n) is 2.87. The lowest BCUT2D eigenvalue weighted by molar-refractivity contribution is 0.556. The van der Waals surface area contributed by atoms with Crippen LogP contribution < -0.4 is 0 Å². The van der Waals surface area contributed by atoms with Crippen LogP contribution in [0.3, 0.4) is 0 Å². The Hall–Kier alpha value is -1.38. The average Bonchev–Trinajstić information content (AvgIpc) is 2.27. The van der Waals surface area contributed by atoms with Crippen molar-refractivity contribution < 1.29 is 4.39 Å². The maximum Gasteiger partial charge on any atom is 0.287 e. The molecule has 2 nitrogen and oxygen atoms in total. The van der Waals surface area contributed by atoms with Crippen molar-refractivity contribution in [2.24, 2.45) is 0 Å². The van der Waals surface area contributed by atoms with Crippen molar-refractivity contribution in [1.29, 1.82) is 0 Å². The van der Waals surface area contributed by atoms with Crippen molar-refractivity contribution in [3.8, 4) is 0 Å². The predicted molar refractivity (Wildman–Crippen MR) is 34.9 cm³/mol. The lowest BCUT2D eigenvalue weighted by Crippen LogP contribution is -1.69. The van der Waals surface area contributed by atoms with Gasteiger partial charge in [0, 0.05) is 0 Å². The number of hydrogen-bond donors (Lipinski definition) is 1. The molecular formula is C7H4FN2. The second kappa shape index (κ2) is 1.80. The molecule has 2 rings (SSSR count). The average molecular weight is 135 g/mol. The predicted octanol–water partition coefficient (Wildman–Crippen LogP) is 1.50. The van der Waals surface area contributed by atoms with E-state index >= 15 is 0 Å². The zero-order valence-electron chi connectivity index (χ0n) is 5.06. The largest absolute Gasteiger partial charge is 0.314 e. The van der Waals surface area contributed by atoms with Gasteiger partial charge in [-0.25, -0.2) is 4.98 Å². The summed E-state index contributed by atoms with van der Waals surface area (Å²) < 4.78 is 12.3. The Kier molecular flexibility index (Phi) is 0.974. The van der Waals surface area contributed by atoms with Crippen molar-refractivity contribution in [1.82, 2.24) is 9.97 Å². The molecule has 0 aliphatic heterocycles. The van der Waals surface area contributed by atoms with E-state index in [1.54, 1.807) is 18.2 Å². The van der Waals surface area contributed by atoms with E-state index in [4.69, 9.17) is 0 Å². The van der Waals surface area contributed by atoms with E-state index < -0.39 is 6.08 Å². The Morgan fingerprint density at radius 1 is 1.60 bits per heavy atom. The van der Waals surface area contributed by atoms with Gasteiger partial charge in [0.25, 0.3) is 6.08 Å². The molecule has 1 heterocycles. The lowest BCUT2D eigenvalue weighted by atomic mass is 10.3. The van der Waals surface area contributed by atoms with Gasteiger partial charge in [0.2, 0.25) is 0 Å². The quantitative estimate of drug-likeness (QED) is 0.582. The van der Waals surface area contributed by atoms with E-state index in [-0.39, 0.29) is 0 Å². The van der Waals surface area contributed by atoms with Crippen LogP contribution in [0.25, 0.3) is 11.0 Å². The van der Waals surface area contributed by atoms with Crippen molar-refractivity contribution in [2.45, 2.75) is 0 Å². The molecule has 10 heavy (non-hydrogen) atoms. The number of hydrogen-bond acceptors (Lipinski definition) is 1. The number of halogens is 1. The van der Waals surface area contributed by atoms with Crippen LogP contribution in [-0.2, 0) is 0 Å². The van der Waals surface area contributed by atoms with Gasteiger partial charge >= 0.3 is 0 Å². The van der Waals surface area contributed by atoms with Gasteiger partial charge in [-0.15, -0.1) is 0 Å². The lowest BCUT2D eigenvalue weighted by Gasteiger charge is -1.80. The fraction of sp³-hybridized carbons (Fsp3) is 0. The summed E-state index contributed by atoms with van der Waals surface area (Å²) in [4.78, 5) is 6.02. The Bertz CT molecular complexity index is 320. The fourth-order valence-corrected chi connectivity index (χ4v) is 0.865. The highest BCUT2D eigenvalue weighted by Gasteiger charge is 1.97. The summed E-state index contributed by atoms with van der Waals surface area (Å²) in [7, 11) is 0. The summed E-state index contributed by atoms with van der Waals surface area (Å²) in [6.07, 6.45) is -0.547. The minimum atomic E-state index is -0.547. The first-order valence-corrected chi connectivity index (χ1v) is 2.87. The van der Waals surface area contributed by atoms with Crippen molar-refractivity contribution >= 4 is 11.0 Å². The zero-order chi connectivity index (χ0) is 6.97. The number of nitrogens with one attached hydrogen (secondary N) is 1. The van der Waals surface area contributed by atoms with Crippen LogP contribution in [0.15, 0.2) is 18.2 Å². The fourth-order valence-electron chi connectivity index (χ4n) is 0.865. The van der Waals surface area contributed by atoms with Gasteiger partial charge < -0.3 is 4.98 Å². The van der Waals surface area contributed by atoms with E-state index in [0.29, 0.717) is 11.0 Å². The van der Waals surface area contributed by atoms with Crippen molar-refractivity contribution in [2.75, 3.05) is 0 Å². The molecule has 1 aromatic carbocycles. The number of fused-ring (bicyclic) bond motifs is 1. The van der Waals surface area contributed by atoms with Crippen LogP contribution in [0.1, 0.15) is 0 Å². The van der Waals surface area contributed by atoms with Crippen LogP contribution in [0.5, 0.6) is 0 Å². The molecule has 2 aromatic rings. The molecule has 0 bridgehead atoms. The summed E-state index contributed by atoms with van der Waals surface area (Å²) in [6, 6.07) is 7.87. The van der Waals surface area contributed by atoms with Crippen molar-refractivity contribution in [3.63, 3.8) is 0 Å². The van der Waals surface area contributed by atoms with Gasteiger partial charge in [-0.3, -0.25) is 0 Å². The second-order valence-electron chi connectivity index (χ2n) is 1.97. The Balaban J connectivity index is 2.88. The van der Waals surface area contributed by atoms with Crippen LogP contribution in [0.4, 0.5) is 4.39 Å². The molecule has 0 unspecified atom stereocenters. The third-order valence-corrected chi connectivity index (χ3v) is 1.30. The molecule has 0 saturated carbocycles. The van der Waals surface area contributed by atoms with E-state index in [1.807, 2.05) is 0 Å². The Labute approximate surface area is 56.7 Å². The zero-order valence-corrected chi connectivity index (χ0v) is 5.06. The molecule has 0 fully saturated rings. The molecule has 0 aliphatic carbocycles. The molecule has 49 valence electrons. The molecule has 1 N–H and O–H groups in total. The van der Waals surface area contributed by atoms with Gasteiger partial charge in [-0.2, -0.15) is 4.39 Å². The van der Waals surface area contributed by atoms with E-state index in [1.165, 1.54) is 0 Å². The molecule has 0 amide bonds. The van der Waals surface area contributed by atoms with E-state index in [9.17, 15) is 4.39 Å². The number of H-pyrrole nitrogens is 1. The standard InChI is InChI=1S/C7H4FN2/c8-7-9-5-3-1-2-4-6(5)10-7/h1,3-4H,(H,9,10). The first-order chi connectivity index (χ1) is 4.86. The highest BCUT2D eigenvalue weighted by atomic mass is 19.1. The van der Waals surface area contributed by atoms with Crippen LogP contribution in [0.2, 0.25) is 0 Å². The highest BCUT2D eigenvalue weighted by molar-refractivity contribution is 5.73. The molecular weight excluding hydrogens is 131 g/mol. The number of rotatable bonds is 0. The molecule has 1 aromatic heterocycles. The molecule has 0 spiro atoms. The minimum absolute atomic E-state index is 0.547. The number of aromatic amines is 1. The van der Waals surface area contributed by atoms with Gasteiger partial charge in [0.15, 0.2) is 0 Å². The van der Waals surface area contributed by atoms with Crippen molar-refractivity contribution in [3.05, 3.63) is 30.3 Å². The molecule has 0 atom stereocenters. The third-order valence-electron chi connectivity index (χ3n) is 1.30. The maximum absolute atomic E-state index is 12.3. The summed E-state index contributed by atoms with van der Waals surface area (Å²) in [5, 5.41) is 0. The smallest absolute Gasteiger partial charge is 0.287 e. The van der Waals surface area contributed by atoms with Gasteiger partial charge in [-0.1, -0.05) is 6.07 Å². The third kappa shape index (κ3) is 0.673. The molecule has 0 aliphatic rings. The highest BCUT2D eigenvalue weighted by Crippen LogP contribution is 2.07. The van der Waals surface area contributed by atoms with Crippen LogP contribution in [-0.4, -0.2) is 9.97 Å². The molecule has 3 heteroatoms. The summed E-state index contributed by atoms with van der Waals surface area (Å²) in [5.41, 5.74) is 1.32. The molecule has 0 saturated heterocycles. The maximum atomic E-state index is 12.3. The number of benzene rings is 1. The number of nitrogens with zero attached hydrogens (tertiary/aromatic N) is 1. The Morgan fingerprint density at radius 3 is 3.30 bits per heavy atom. The van der Waals surface area contributed by atoms with Gasteiger partial charge in [0.1, 0.15) is 0 Å². The Morgan fingerprint density at radius 2 is 2.50 bits per heavy atom. The van der Waals surface area contributed by atoms with Gasteiger partial charge in [0.05, 0.1) is 11.0 Å². The summed E-state index contributed by atoms with van der Waals surface area (Å²) in [6.45, 7) is 0. The van der Waals surface area contributed by atoms with Crippen LogP contribution in [0, 0.1) is 12.1 Å².